The van der Waals surface area contributed by atoms with Gasteiger partial charge in [-0.15, -0.1) is 0 Å². The standard InChI is InChI=1S/C10H19O4P/c1-3-13-15(12,14-4-2)10-8-6-5-7-9(10)11/h10H,3-8H2,1-2H3/t10-/m0/s1. The first-order valence-electron chi connectivity index (χ1n) is 5.55. The van der Waals surface area contributed by atoms with Crippen LogP contribution >= 0.6 is 7.60 Å². The summed E-state index contributed by atoms with van der Waals surface area (Å²) in [6, 6.07) is 0. The third kappa shape index (κ3) is 3.13. The Morgan fingerprint density at radius 3 is 2.33 bits per heavy atom. The second-order valence-corrected chi connectivity index (χ2v) is 5.82. The maximum Gasteiger partial charge on any atom is 0.341 e. The van der Waals surface area contributed by atoms with Crippen LogP contribution in [0.15, 0.2) is 0 Å². The molecule has 15 heavy (non-hydrogen) atoms. The van der Waals surface area contributed by atoms with Crippen molar-refractivity contribution >= 4 is 13.4 Å². The molecule has 4 nitrogen and oxygen atoms in total. The normalized spacial score (nSPS) is 23.1. The number of ketones is 1. The van der Waals surface area contributed by atoms with Gasteiger partial charge in [-0.25, -0.2) is 0 Å². The van der Waals surface area contributed by atoms with Gasteiger partial charge in [0.1, 0.15) is 11.4 Å². The lowest BCUT2D eigenvalue weighted by molar-refractivity contribution is -0.120. The SMILES string of the molecule is CCOP(=O)(OCC)[C@H]1CCCCC1=O. The van der Waals surface area contributed by atoms with Gasteiger partial charge in [0, 0.05) is 6.42 Å². The Morgan fingerprint density at radius 1 is 1.27 bits per heavy atom. The minimum atomic E-state index is -3.20. The zero-order valence-electron chi connectivity index (χ0n) is 9.40. The van der Waals surface area contributed by atoms with E-state index in [-0.39, 0.29) is 5.78 Å². The number of rotatable bonds is 5. The highest BCUT2D eigenvalue weighted by Gasteiger charge is 2.41. The summed E-state index contributed by atoms with van der Waals surface area (Å²) in [5.74, 6) is 0.0338. The van der Waals surface area contributed by atoms with E-state index in [1.54, 1.807) is 13.8 Å². The predicted octanol–water partition coefficient (Wildman–Crippen LogP) is 2.76. The molecule has 0 aliphatic heterocycles. The van der Waals surface area contributed by atoms with E-state index in [0.717, 1.165) is 12.8 Å². The molecule has 1 rings (SSSR count). The first-order chi connectivity index (χ1) is 7.14. The number of hydrogen-bond donors (Lipinski definition) is 0. The molecule has 0 N–H and O–H groups in total. The molecule has 88 valence electrons. The van der Waals surface area contributed by atoms with Gasteiger partial charge in [-0.1, -0.05) is 6.42 Å². The minimum Gasteiger partial charge on any atom is -0.308 e. The summed E-state index contributed by atoms with van der Waals surface area (Å²) in [6.07, 6.45) is 2.97. The van der Waals surface area contributed by atoms with Gasteiger partial charge in [-0.3, -0.25) is 9.36 Å². The molecular weight excluding hydrogens is 215 g/mol. The van der Waals surface area contributed by atoms with Gasteiger partial charge in [0.05, 0.1) is 13.2 Å². The van der Waals surface area contributed by atoms with E-state index in [4.69, 9.17) is 9.05 Å². The summed E-state index contributed by atoms with van der Waals surface area (Å²) >= 11 is 0. The molecule has 1 saturated carbocycles. The second-order valence-electron chi connectivity index (χ2n) is 3.60. The van der Waals surface area contributed by atoms with Crippen molar-refractivity contribution in [1.82, 2.24) is 0 Å². The monoisotopic (exact) mass is 234 g/mol. The Kier molecular flexibility index (Phi) is 4.97. The maximum atomic E-state index is 12.3. The number of carbonyl (C=O) groups is 1. The number of Topliss-reactive ketones (excluding diaryl/α,β-unsaturated/α-hetero) is 1. The van der Waals surface area contributed by atoms with Gasteiger partial charge >= 0.3 is 7.60 Å². The first kappa shape index (κ1) is 12.9. The molecule has 0 saturated heterocycles. The van der Waals surface area contributed by atoms with Gasteiger partial charge in [0.2, 0.25) is 0 Å². The van der Waals surface area contributed by atoms with Crippen LogP contribution in [0.5, 0.6) is 0 Å². The van der Waals surface area contributed by atoms with Crippen molar-refractivity contribution in [3.63, 3.8) is 0 Å². The summed E-state index contributed by atoms with van der Waals surface area (Å²) in [5, 5.41) is 0. The van der Waals surface area contributed by atoms with Crippen molar-refractivity contribution < 1.29 is 18.4 Å². The van der Waals surface area contributed by atoms with Crippen LogP contribution in [0.1, 0.15) is 39.5 Å². The highest BCUT2D eigenvalue weighted by molar-refractivity contribution is 7.55. The van der Waals surface area contributed by atoms with Crippen molar-refractivity contribution in [2.24, 2.45) is 0 Å². The molecule has 0 amide bonds. The van der Waals surface area contributed by atoms with Crippen LogP contribution in [0, 0.1) is 0 Å². The Labute approximate surface area is 90.9 Å². The van der Waals surface area contributed by atoms with E-state index in [9.17, 15) is 9.36 Å². The summed E-state index contributed by atoms with van der Waals surface area (Å²) in [7, 11) is -3.20. The van der Waals surface area contributed by atoms with Gasteiger partial charge in [-0.2, -0.15) is 0 Å². The molecule has 5 heteroatoms. The molecule has 0 radical (unpaired) electrons. The third-order valence-corrected chi connectivity index (χ3v) is 5.07. The fraction of sp³-hybridized carbons (Fsp3) is 0.900. The summed E-state index contributed by atoms with van der Waals surface area (Å²) in [5.41, 5.74) is -0.522. The van der Waals surface area contributed by atoms with E-state index < -0.39 is 13.3 Å². The molecule has 0 bridgehead atoms. The lowest BCUT2D eigenvalue weighted by Crippen LogP contribution is -2.26. The van der Waals surface area contributed by atoms with Gasteiger partial charge in [-0.05, 0) is 26.7 Å². The van der Waals surface area contributed by atoms with Crippen LogP contribution in [0.4, 0.5) is 0 Å². The predicted molar refractivity (Wildman–Crippen MR) is 58.1 cm³/mol. The van der Waals surface area contributed by atoms with E-state index in [1.807, 2.05) is 0 Å². The molecule has 0 unspecified atom stereocenters. The van der Waals surface area contributed by atoms with Crippen LogP contribution in [-0.2, 0) is 18.4 Å². The lowest BCUT2D eigenvalue weighted by Gasteiger charge is -2.27. The second kappa shape index (κ2) is 5.78. The van der Waals surface area contributed by atoms with Crippen LogP contribution in [-0.4, -0.2) is 24.7 Å². The van der Waals surface area contributed by atoms with Crippen molar-refractivity contribution in [2.75, 3.05) is 13.2 Å². The topological polar surface area (TPSA) is 52.6 Å². The minimum absolute atomic E-state index is 0.0338. The highest BCUT2D eigenvalue weighted by Crippen LogP contribution is 2.56. The molecule has 0 aromatic carbocycles. The van der Waals surface area contributed by atoms with Crippen molar-refractivity contribution in [3.8, 4) is 0 Å². The van der Waals surface area contributed by atoms with Crippen LogP contribution in [0.2, 0.25) is 0 Å². The summed E-state index contributed by atoms with van der Waals surface area (Å²) in [4.78, 5) is 11.7. The average molecular weight is 234 g/mol. The van der Waals surface area contributed by atoms with Gasteiger partial charge < -0.3 is 9.05 Å². The fourth-order valence-electron chi connectivity index (χ4n) is 1.88. The van der Waals surface area contributed by atoms with Crippen molar-refractivity contribution in [3.05, 3.63) is 0 Å². The Bertz CT molecular complexity index is 254. The molecule has 0 heterocycles. The Hall–Kier alpha value is -0.180. The summed E-state index contributed by atoms with van der Waals surface area (Å²) in [6.45, 7) is 4.17. The summed E-state index contributed by atoms with van der Waals surface area (Å²) < 4.78 is 22.7. The molecule has 1 aliphatic carbocycles. The fourth-order valence-corrected chi connectivity index (χ4v) is 4.01. The zero-order valence-corrected chi connectivity index (χ0v) is 10.3. The average Bonchev–Trinajstić information content (AvgIpc) is 2.19. The molecular formula is C10H19O4P. The molecule has 0 spiro atoms. The van der Waals surface area contributed by atoms with E-state index >= 15 is 0 Å². The number of hydrogen-bond acceptors (Lipinski definition) is 4. The Morgan fingerprint density at radius 2 is 1.87 bits per heavy atom. The van der Waals surface area contributed by atoms with Gasteiger partial charge in [0.15, 0.2) is 0 Å². The van der Waals surface area contributed by atoms with Gasteiger partial charge in [0.25, 0.3) is 0 Å². The molecule has 1 atom stereocenters. The van der Waals surface area contributed by atoms with E-state index in [0.29, 0.717) is 26.1 Å². The van der Waals surface area contributed by atoms with Crippen molar-refractivity contribution in [2.45, 2.75) is 45.2 Å². The quantitative estimate of drug-likeness (QED) is 0.686. The third-order valence-electron chi connectivity index (χ3n) is 2.52. The van der Waals surface area contributed by atoms with Crippen LogP contribution < -0.4 is 0 Å². The van der Waals surface area contributed by atoms with Crippen LogP contribution in [0.3, 0.4) is 0 Å². The number of carbonyl (C=O) groups excluding carboxylic acids is 1. The first-order valence-corrected chi connectivity index (χ1v) is 7.16. The highest BCUT2D eigenvalue weighted by atomic mass is 31.2. The molecule has 1 fully saturated rings. The van der Waals surface area contributed by atoms with Crippen molar-refractivity contribution in [1.29, 1.82) is 0 Å². The lowest BCUT2D eigenvalue weighted by atomic mass is 9.99. The van der Waals surface area contributed by atoms with Crippen LogP contribution in [0.25, 0.3) is 0 Å². The molecule has 1 aliphatic rings. The van der Waals surface area contributed by atoms with E-state index in [1.165, 1.54) is 0 Å². The zero-order chi connectivity index (χ0) is 11.3. The largest absolute Gasteiger partial charge is 0.341 e. The Balaban J connectivity index is 2.77. The van der Waals surface area contributed by atoms with E-state index in [2.05, 4.69) is 0 Å². The smallest absolute Gasteiger partial charge is 0.308 e. The maximum absolute atomic E-state index is 12.3. The molecule has 0 aromatic rings. The molecule has 0 aromatic heterocycles.